The monoisotopic (exact) mass is 245 g/mol. The summed E-state index contributed by atoms with van der Waals surface area (Å²) < 4.78 is 7.56. The summed E-state index contributed by atoms with van der Waals surface area (Å²) in [6.07, 6.45) is 2.02. The summed E-state index contributed by atoms with van der Waals surface area (Å²) in [5.41, 5.74) is 2.05. The number of ether oxygens (including phenoxy) is 1. The van der Waals surface area contributed by atoms with E-state index >= 15 is 0 Å². The van der Waals surface area contributed by atoms with Crippen molar-refractivity contribution in [2.24, 2.45) is 0 Å². The molecule has 0 spiro atoms. The number of anilines is 1. The van der Waals surface area contributed by atoms with E-state index in [2.05, 4.69) is 17.2 Å². The van der Waals surface area contributed by atoms with Crippen LogP contribution in [0.3, 0.4) is 0 Å². The number of benzene rings is 1. The average molecular weight is 245 g/mol. The second-order valence-electron chi connectivity index (χ2n) is 4.04. The Morgan fingerprint density at radius 3 is 2.89 bits per heavy atom. The van der Waals surface area contributed by atoms with E-state index in [-0.39, 0.29) is 0 Å². The summed E-state index contributed by atoms with van der Waals surface area (Å²) in [6.45, 7) is 7.56. The fourth-order valence-corrected chi connectivity index (χ4v) is 1.87. The Hall–Kier alpha value is -1.97. The topological polar surface area (TPSA) is 39.1 Å². The van der Waals surface area contributed by atoms with Crippen molar-refractivity contribution in [3.8, 4) is 11.4 Å². The molecule has 4 nitrogen and oxygen atoms in total. The maximum atomic E-state index is 5.52. The Labute approximate surface area is 108 Å². The summed E-state index contributed by atoms with van der Waals surface area (Å²) in [7, 11) is 0. The summed E-state index contributed by atoms with van der Waals surface area (Å²) in [5.74, 6) is 1.74. The Morgan fingerprint density at radius 1 is 1.33 bits per heavy atom. The number of imidazole rings is 1. The van der Waals surface area contributed by atoms with Gasteiger partial charge in [0.1, 0.15) is 5.75 Å². The predicted octanol–water partition coefficient (Wildman–Crippen LogP) is 3.01. The molecule has 1 aromatic carbocycles. The van der Waals surface area contributed by atoms with Gasteiger partial charge in [0.05, 0.1) is 18.0 Å². The lowest BCUT2D eigenvalue weighted by molar-refractivity contribution is 0.340. The summed E-state index contributed by atoms with van der Waals surface area (Å²) in [4.78, 5) is 4.46. The van der Waals surface area contributed by atoms with Gasteiger partial charge in [0, 0.05) is 18.8 Å². The molecule has 1 N–H and O–H groups in total. The van der Waals surface area contributed by atoms with Gasteiger partial charge < -0.3 is 10.1 Å². The molecule has 1 aromatic heterocycles. The largest absolute Gasteiger partial charge is 0.494 e. The summed E-state index contributed by atoms with van der Waals surface area (Å²) >= 11 is 0. The van der Waals surface area contributed by atoms with Crippen molar-refractivity contribution in [3.63, 3.8) is 0 Å². The lowest BCUT2D eigenvalue weighted by atomic mass is 10.3. The molecule has 2 aromatic rings. The third-order valence-electron chi connectivity index (χ3n) is 2.57. The van der Waals surface area contributed by atoms with Crippen LogP contribution in [0.25, 0.3) is 5.69 Å². The molecule has 4 heteroatoms. The van der Waals surface area contributed by atoms with Crippen molar-refractivity contribution < 1.29 is 4.74 Å². The zero-order chi connectivity index (χ0) is 13.0. The Balaban J connectivity index is 2.37. The van der Waals surface area contributed by atoms with E-state index < -0.39 is 0 Å². The molecule has 0 aliphatic rings. The maximum absolute atomic E-state index is 5.52. The first-order chi connectivity index (χ1) is 8.74. The molecule has 0 bridgehead atoms. The van der Waals surface area contributed by atoms with Crippen LogP contribution in [0.4, 0.5) is 5.95 Å². The zero-order valence-corrected chi connectivity index (χ0v) is 11.1. The third-order valence-corrected chi connectivity index (χ3v) is 2.57. The molecular formula is C14H19N3O. The molecule has 1 heterocycles. The SMILES string of the molecule is CCNc1nc(C)cn1-c1cccc(OCC)c1. The minimum Gasteiger partial charge on any atom is -0.494 e. The van der Waals surface area contributed by atoms with Crippen molar-refractivity contribution in [2.75, 3.05) is 18.5 Å². The van der Waals surface area contributed by atoms with Crippen molar-refractivity contribution in [1.29, 1.82) is 0 Å². The van der Waals surface area contributed by atoms with Crippen LogP contribution in [0.1, 0.15) is 19.5 Å². The molecule has 0 saturated carbocycles. The van der Waals surface area contributed by atoms with Crippen molar-refractivity contribution in [1.82, 2.24) is 9.55 Å². The van der Waals surface area contributed by atoms with E-state index in [1.165, 1.54) is 0 Å². The minimum atomic E-state index is 0.673. The van der Waals surface area contributed by atoms with Gasteiger partial charge in [-0.25, -0.2) is 4.98 Å². The highest BCUT2D eigenvalue weighted by atomic mass is 16.5. The number of aromatic nitrogens is 2. The van der Waals surface area contributed by atoms with Crippen molar-refractivity contribution >= 4 is 5.95 Å². The van der Waals surface area contributed by atoms with Crippen LogP contribution in [0.5, 0.6) is 5.75 Å². The summed E-state index contributed by atoms with van der Waals surface area (Å²) in [6, 6.07) is 8.02. The van der Waals surface area contributed by atoms with Gasteiger partial charge in [0.25, 0.3) is 0 Å². The van der Waals surface area contributed by atoms with Crippen LogP contribution in [0.2, 0.25) is 0 Å². The highest BCUT2D eigenvalue weighted by Gasteiger charge is 2.07. The Morgan fingerprint density at radius 2 is 2.17 bits per heavy atom. The second-order valence-corrected chi connectivity index (χ2v) is 4.04. The van der Waals surface area contributed by atoms with Gasteiger partial charge in [0.15, 0.2) is 0 Å². The number of hydrogen-bond donors (Lipinski definition) is 1. The van der Waals surface area contributed by atoms with Crippen molar-refractivity contribution in [2.45, 2.75) is 20.8 Å². The van der Waals surface area contributed by atoms with E-state index in [1.54, 1.807) is 0 Å². The van der Waals surface area contributed by atoms with Gasteiger partial charge in [0.2, 0.25) is 5.95 Å². The van der Waals surface area contributed by atoms with Gasteiger partial charge >= 0.3 is 0 Å². The molecule has 0 aliphatic heterocycles. The van der Waals surface area contributed by atoms with E-state index in [0.717, 1.165) is 29.6 Å². The fraction of sp³-hybridized carbons (Fsp3) is 0.357. The lowest BCUT2D eigenvalue weighted by Gasteiger charge is -2.10. The molecule has 0 amide bonds. The number of aryl methyl sites for hydroxylation is 1. The van der Waals surface area contributed by atoms with Crippen LogP contribution in [-0.4, -0.2) is 22.7 Å². The first-order valence-corrected chi connectivity index (χ1v) is 6.27. The highest BCUT2D eigenvalue weighted by molar-refractivity contribution is 5.46. The maximum Gasteiger partial charge on any atom is 0.207 e. The molecule has 18 heavy (non-hydrogen) atoms. The van der Waals surface area contributed by atoms with Crippen LogP contribution in [0, 0.1) is 6.92 Å². The quantitative estimate of drug-likeness (QED) is 0.880. The highest BCUT2D eigenvalue weighted by Crippen LogP contribution is 2.21. The predicted molar refractivity (Wildman–Crippen MR) is 73.6 cm³/mol. The standard InChI is InChI=1S/C14H19N3O/c1-4-15-14-16-11(3)10-17(14)12-7-6-8-13(9-12)18-5-2/h6-10H,4-5H2,1-3H3,(H,15,16). The molecule has 0 aliphatic carbocycles. The molecular weight excluding hydrogens is 226 g/mol. The molecule has 0 unspecified atom stereocenters. The molecule has 2 rings (SSSR count). The van der Waals surface area contributed by atoms with Crippen LogP contribution < -0.4 is 10.1 Å². The second kappa shape index (κ2) is 5.58. The van der Waals surface area contributed by atoms with Gasteiger partial charge in [-0.3, -0.25) is 4.57 Å². The van der Waals surface area contributed by atoms with Crippen LogP contribution in [0.15, 0.2) is 30.5 Å². The van der Waals surface area contributed by atoms with E-state index in [0.29, 0.717) is 6.61 Å². The van der Waals surface area contributed by atoms with Crippen LogP contribution in [-0.2, 0) is 0 Å². The third kappa shape index (κ3) is 2.64. The van der Waals surface area contributed by atoms with Gasteiger partial charge in [-0.1, -0.05) is 6.07 Å². The molecule has 0 radical (unpaired) electrons. The average Bonchev–Trinajstić information content (AvgIpc) is 2.72. The Bertz CT molecular complexity index is 520. The van der Waals surface area contributed by atoms with Crippen molar-refractivity contribution in [3.05, 3.63) is 36.2 Å². The van der Waals surface area contributed by atoms with E-state index in [9.17, 15) is 0 Å². The van der Waals surface area contributed by atoms with Gasteiger partial charge in [-0.2, -0.15) is 0 Å². The normalized spacial score (nSPS) is 10.4. The zero-order valence-electron chi connectivity index (χ0n) is 11.1. The number of nitrogens with one attached hydrogen (secondary N) is 1. The van der Waals surface area contributed by atoms with Gasteiger partial charge in [-0.05, 0) is 32.9 Å². The number of hydrogen-bond acceptors (Lipinski definition) is 3. The van der Waals surface area contributed by atoms with Gasteiger partial charge in [-0.15, -0.1) is 0 Å². The number of nitrogens with zero attached hydrogens (tertiary/aromatic N) is 2. The minimum absolute atomic E-state index is 0.673. The number of rotatable bonds is 5. The fourth-order valence-electron chi connectivity index (χ4n) is 1.87. The first-order valence-electron chi connectivity index (χ1n) is 6.27. The Kier molecular flexibility index (Phi) is 3.87. The molecule has 0 fully saturated rings. The van der Waals surface area contributed by atoms with E-state index in [4.69, 9.17) is 4.74 Å². The van der Waals surface area contributed by atoms with E-state index in [1.807, 2.05) is 48.9 Å². The molecule has 0 saturated heterocycles. The lowest BCUT2D eigenvalue weighted by Crippen LogP contribution is -2.05. The smallest absolute Gasteiger partial charge is 0.207 e. The van der Waals surface area contributed by atoms with Crippen LogP contribution >= 0.6 is 0 Å². The molecule has 0 atom stereocenters. The first kappa shape index (κ1) is 12.5. The summed E-state index contributed by atoms with van der Waals surface area (Å²) in [5, 5.41) is 3.26. The molecule has 96 valence electrons.